The molecule has 15 heavy (non-hydrogen) atoms. The van der Waals surface area contributed by atoms with Gasteiger partial charge in [0.05, 0.1) is 0 Å². The van der Waals surface area contributed by atoms with Gasteiger partial charge in [-0.15, -0.1) is 12.6 Å². The first-order valence-electron chi connectivity index (χ1n) is 4.81. The molecule has 4 heteroatoms. The van der Waals surface area contributed by atoms with Crippen LogP contribution in [-0.2, 0) is 0 Å². The van der Waals surface area contributed by atoms with Gasteiger partial charge in [0, 0.05) is 16.0 Å². The normalized spacial score (nSPS) is 17.3. The number of carbonyl (C=O) groups is 1. The van der Waals surface area contributed by atoms with Gasteiger partial charge in [-0.1, -0.05) is 0 Å². The van der Waals surface area contributed by atoms with E-state index in [1.165, 1.54) is 18.2 Å². The van der Waals surface area contributed by atoms with Gasteiger partial charge in [0.2, 0.25) is 0 Å². The summed E-state index contributed by atoms with van der Waals surface area (Å²) in [5.74, 6) is -0.571. The number of nitrogens with one attached hydrogen (secondary N) is 1. The second-order valence-corrected chi connectivity index (χ2v) is 4.66. The molecule has 0 aromatic heterocycles. The van der Waals surface area contributed by atoms with Gasteiger partial charge in [0.25, 0.3) is 5.91 Å². The summed E-state index contributed by atoms with van der Waals surface area (Å²) >= 11 is 3.93. The summed E-state index contributed by atoms with van der Waals surface area (Å²) in [5.41, 5.74) is 0.400. The van der Waals surface area contributed by atoms with Crippen molar-refractivity contribution in [3.8, 4) is 0 Å². The van der Waals surface area contributed by atoms with Crippen molar-refractivity contribution in [2.24, 2.45) is 0 Å². The largest absolute Gasteiger partial charge is 0.347 e. The molecule has 0 atom stereocenters. The fourth-order valence-corrected chi connectivity index (χ4v) is 1.53. The number of carbonyl (C=O) groups excluding carboxylic acids is 1. The molecule has 80 valence electrons. The van der Waals surface area contributed by atoms with Crippen LogP contribution in [0.3, 0.4) is 0 Å². The molecule has 0 saturated heterocycles. The molecule has 2 nitrogen and oxygen atoms in total. The average molecular weight is 225 g/mol. The minimum atomic E-state index is -0.410. The highest BCUT2D eigenvalue weighted by atomic mass is 32.1. The zero-order chi connectivity index (χ0) is 11.1. The fourth-order valence-electron chi connectivity index (χ4n) is 1.31. The molecule has 0 bridgehead atoms. The van der Waals surface area contributed by atoms with E-state index in [1.54, 1.807) is 0 Å². The van der Waals surface area contributed by atoms with Crippen LogP contribution < -0.4 is 5.32 Å². The summed E-state index contributed by atoms with van der Waals surface area (Å²) < 4.78 is 12.9. The van der Waals surface area contributed by atoms with E-state index in [2.05, 4.69) is 17.9 Å². The lowest BCUT2D eigenvalue weighted by molar-refractivity contribution is 0.0935. The number of halogens is 1. The van der Waals surface area contributed by atoms with Crippen LogP contribution in [-0.4, -0.2) is 11.4 Å². The maximum Gasteiger partial charge on any atom is 0.251 e. The molecular weight excluding hydrogens is 213 g/mol. The molecule has 0 radical (unpaired) electrons. The van der Waals surface area contributed by atoms with Crippen LogP contribution in [0.15, 0.2) is 23.1 Å². The van der Waals surface area contributed by atoms with Crippen LogP contribution in [0, 0.1) is 5.82 Å². The number of hydrogen-bond acceptors (Lipinski definition) is 2. The zero-order valence-corrected chi connectivity index (χ0v) is 9.27. The maximum absolute atomic E-state index is 12.9. The summed E-state index contributed by atoms with van der Waals surface area (Å²) in [7, 11) is 0. The van der Waals surface area contributed by atoms with Gasteiger partial charge < -0.3 is 5.32 Å². The first-order chi connectivity index (χ1) is 7.00. The first kappa shape index (κ1) is 10.5. The van der Waals surface area contributed by atoms with Gasteiger partial charge >= 0.3 is 0 Å². The number of benzene rings is 1. The Kier molecular flexibility index (Phi) is 2.46. The Labute approximate surface area is 93.3 Å². The minimum absolute atomic E-state index is 0.0533. The highest BCUT2D eigenvalue weighted by Gasteiger charge is 2.38. The minimum Gasteiger partial charge on any atom is -0.347 e. The standard InChI is InChI=1S/C11H12FNOS/c1-11(4-5-11)13-10(14)7-2-3-8(12)9(15)6-7/h2-3,6,15H,4-5H2,1H3,(H,13,14). The summed E-state index contributed by atoms with van der Waals surface area (Å²) in [6.45, 7) is 2.00. The van der Waals surface area contributed by atoms with Crippen LogP contribution in [0.5, 0.6) is 0 Å². The molecule has 0 aliphatic heterocycles. The Bertz CT molecular complexity index is 415. The number of rotatable bonds is 2. The molecule has 1 fully saturated rings. The molecule has 1 amide bonds. The summed E-state index contributed by atoms with van der Waals surface area (Å²) in [5, 5.41) is 2.90. The SMILES string of the molecule is CC1(NC(=O)c2ccc(F)c(S)c2)CC1. The van der Waals surface area contributed by atoms with Gasteiger partial charge in [-0.3, -0.25) is 4.79 Å². The maximum atomic E-state index is 12.9. The molecule has 0 unspecified atom stereocenters. The third-order valence-corrected chi connectivity index (χ3v) is 2.97. The van der Waals surface area contributed by atoms with Gasteiger partial charge in [-0.2, -0.15) is 0 Å². The van der Waals surface area contributed by atoms with Crippen LogP contribution in [0.4, 0.5) is 4.39 Å². The van der Waals surface area contributed by atoms with Gasteiger partial charge in [0.1, 0.15) is 5.82 Å². The molecule has 1 aromatic rings. The van der Waals surface area contributed by atoms with E-state index in [-0.39, 0.29) is 16.3 Å². The van der Waals surface area contributed by atoms with Crippen molar-refractivity contribution in [2.45, 2.75) is 30.2 Å². The molecule has 1 aliphatic rings. The lowest BCUT2D eigenvalue weighted by Crippen LogP contribution is -2.34. The van der Waals surface area contributed by atoms with E-state index >= 15 is 0 Å². The molecule has 2 rings (SSSR count). The topological polar surface area (TPSA) is 29.1 Å². The molecule has 1 aliphatic carbocycles. The van der Waals surface area contributed by atoms with Crippen molar-refractivity contribution in [2.75, 3.05) is 0 Å². The van der Waals surface area contributed by atoms with Gasteiger partial charge in [0.15, 0.2) is 0 Å². The Hall–Kier alpha value is -1.03. The third-order valence-electron chi connectivity index (χ3n) is 2.62. The second kappa shape index (κ2) is 3.52. The zero-order valence-electron chi connectivity index (χ0n) is 8.38. The van der Waals surface area contributed by atoms with E-state index in [0.717, 1.165) is 12.8 Å². The summed E-state index contributed by atoms with van der Waals surface area (Å²) in [6, 6.07) is 4.17. The van der Waals surface area contributed by atoms with E-state index < -0.39 is 5.82 Å². The summed E-state index contributed by atoms with van der Waals surface area (Å²) in [4.78, 5) is 11.9. The fraction of sp³-hybridized carbons (Fsp3) is 0.364. The average Bonchev–Trinajstić information content (AvgIpc) is 2.88. The summed E-state index contributed by atoms with van der Waals surface area (Å²) in [6.07, 6.45) is 2.02. The van der Waals surface area contributed by atoms with Crippen LogP contribution >= 0.6 is 12.6 Å². The predicted molar refractivity (Wildman–Crippen MR) is 58.8 cm³/mol. The Morgan fingerprint density at radius 2 is 2.20 bits per heavy atom. The molecule has 1 saturated carbocycles. The Morgan fingerprint density at radius 3 is 2.73 bits per heavy atom. The number of amides is 1. The molecular formula is C11H12FNOS. The van der Waals surface area contributed by atoms with E-state index in [9.17, 15) is 9.18 Å². The highest BCUT2D eigenvalue weighted by molar-refractivity contribution is 7.80. The molecule has 0 spiro atoms. The van der Waals surface area contributed by atoms with Crippen molar-refractivity contribution in [1.29, 1.82) is 0 Å². The van der Waals surface area contributed by atoms with Gasteiger partial charge in [-0.25, -0.2) is 4.39 Å². The van der Waals surface area contributed by atoms with Crippen LogP contribution in [0.2, 0.25) is 0 Å². The lowest BCUT2D eigenvalue weighted by Gasteiger charge is -2.11. The number of hydrogen-bond donors (Lipinski definition) is 2. The molecule has 0 heterocycles. The van der Waals surface area contributed by atoms with E-state index in [0.29, 0.717) is 5.56 Å². The van der Waals surface area contributed by atoms with Crippen molar-refractivity contribution >= 4 is 18.5 Å². The predicted octanol–water partition coefficient (Wildman–Crippen LogP) is 2.40. The van der Waals surface area contributed by atoms with E-state index in [1.807, 2.05) is 6.92 Å². The second-order valence-electron chi connectivity index (χ2n) is 4.18. The van der Waals surface area contributed by atoms with Crippen molar-refractivity contribution in [3.63, 3.8) is 0 Å². The van der Waals surface area contributed by atoms with Crippen molar-refractivity contribution in [3.05, 3.63) is 29.6 Å². The third kappa shape index (κ3) is 2.31. The van der Waals surface area contributed by atoms with Crippen LogP contribution in [0.1, 0.15) is 30.1 Å². The lowest BCUT2D eigenvalue weighted by atomic mass is 10.2. The quantitative estimate of drug-likeness (QED) is 0.743. The molecule has 1 N–H and O–H groups in total. The highest BCUT2D eigenvalue weighted by Crippen LogP contribution is 2.34. The Balaban J connectivity index is 2.15. The smallest absolute Gasteiger partial charge is 0.251 e. The Morgan fingerprint density at radius 1 is 1.53 bits per heavy atom. The number of thiol groups is 1. The monoisotopic (exact) mass is 225 g/mol. The van der Waals surface area contributed by atoms with Crippen molar-refractivity contribution in [1.82, 2.24) is 5.32 Å². The van der Waals surface area contributed by atoms with E-state index in [4.69, 9.17) is 0 Å². The molecule has 1 aromatic carbocycles. The first-order valence-corrected chi connectivity index (χ1v) is 5.26. The van der Waals surface area contributed by atoms with Crippen molar-refractivity contribution < 1.29 is 9.18 Å². The van der Waals surface area contributed by atoms with Crippen LogP contribution in [0.25, 0.3) is 0 Å². The van der Waals surface area contributed by atoms with Gasteiger partial charge in [-0.05, 0) is 38.0 Å².